The highest BCUT2D eigenvalue weighted by molar-refractivity contribution is 5.07. The van der Waals surface area contributed by atoms with Gasteiger partial charge in [0.05, 0.1) is 18.3 Å². The van der Waals surface area contributed by atoms with Crippen molar-refractivity contribution in [1.82, 2.24) is 15.2 Å². The summed E-state index contributed by atoms with van der Waals surface area (Å²) in [7, 11) is 1.91. The number of nitrogens with one attached hydrogen (secondary N) is 1. The van der Waals surface area contributed by atoms with Gasteiger partial charge in [-0.2, -0.15) is 5.10 Å². The van der Waals surface area contributed by atoms with Gasteiger partial charge >= 0.3 is 0 Å². The Bertz CT molecular complexity index is 306. The molecule has 0 spiro atoms. The number of hydrogen-bond donors (Lipinski definition) is 2. The third kappa shape index (κ3) is 2.37. The highest BCUT2D eigenvalue weighted by Crippen LogP contribution is 2.26. The van der Waals surface area contributed by atoms with Crippen molar-refractivity contribution < 1.29 is 4.74 Å². The third-order valence-corrected chi connectivity index (χ3v) is 2.90. The summed E-state index contributed by atoms with van der Waals surface area (Å²) in [5.74, 6) is 6.02. The Balaban J connectivity index is 2.08. The lowest BCUT2D eigenvalue weighted by Crippen LogP contribution is -2.37. The molecule has 15 heavy (non-hydrogen) atoms. The van der Waals surface area contributed by atoms with E-state index in [1.165, 1.54) is 0 Å². The molecule has 84 valence electrons. The van der Waals surface area contributed by atoms with Crippen molar-refractivity contribution in [2.45, 2.75) is 18.9 Å². The summed E-state index contributed by atoms with van der Waals surface area (Å²) in [6.07, 6.45) is 4.18. The van der Waals surface area contributed by atoms with Gasteiger partial charge in [-0.15, -0.1) is 0 Å². The zero-order valence-electron chi connectivity index (χ0n) is 9.02. The lowest BCUT2D eigenvalue weighted by Gasteiger charge is -2.28. The first kappa shape index (κ1) is 10.6. The first-order chi connectivity index (χ1) is 7.31. The van der Waals surface area contributed by atoms with Gasteiger partial charge in [0.15, 0.2) is 0 Å². The van der Waals surface area contributed by atoms with E-state index < -0.39 is 0 Å². The van der Waals surface area contributed by atoms with Crippen LogP contribution in [0.1, 0.15) is 24.6 Å². The standard InChI is InChI=1S/C10H18N4O/c1-14-5-4-9(13-14)10(12-11)8-3-2-6-15-7-8/h4-5,8,10,12H,2-3,6-7,11H2,1H3. The van der Waals surface area contributed by atoms with Gasteiger partial charge in [0, 0.05) is 25.8 Å². The quantitative estimate of drug-likeness (QED) is 0.558. The first-order valence-electron chi connectivity index (χ1n) is 5.34. The maximum absolute atomic E-state index is 5.59. The maximum atomic E-state index is 5.59. The summed E-state index contributed by atoms with van der Waals surface area (Å²) in [4.78, 5) is 0. The maximum Gasteiger partial charge on any atom is 0.0811 e. The molecule has 2 heterocycles. The van der Waals surface area contributed by atoms with Crippen molar-refractivity contribution in [2.75, 3.05) is 13.2 Å². The van der Waals surface area contributed by atoms with Crippen molar-refractivity contribution in [3.63, 3.8) is 0 Å². The average Bonchev–Trinajstić information content (AvgIpc) is 2.68. The normalized spacial score (nSPS) is 24.0. The molecule has 3 N–H and O–H groups in total. The molecule has 1 aliphatic heterocycles. The highest BCUT2D eigenvalue weighted by atomic mass is 16.5. The molecule has 5 nitrogen and oxygen atoms in total. The van der Waals surface area contributed by atoms with E-state index in [0.717, 1.165) is 31.7 Å². The van der Waals surface area contributed by atoms with E-state index in [1.54, 1.807) is 4.68 Å². The van der Waals surface area contributed by atoms with Crippen LogP contribution in [0.2, 0.25) is 0 Å². The Hall–Kier alpha value is -0.910. The minimum atomic E-state index is 0.103. The van der Waals surface area contributed by atoms with Gasteiger partial charge in [-0.25, -0.2) is 0 Å². The Morgan fingerprint density at radius 3 is 3.13 bits per heavy atom. The van der Waals surface area contributed by atoms with Crippen LogP contribution in [-0.2, 0) is 11.8 Å². The van der Waals surface area contributed by atoms with Gasteiger partial charge in [0.1, 0.15) is 0 Å². The molecule has 1 fully saturated rings. The first-order valence-corrected chi connectivity index (χ1v) is 5.34. The molecule has 0 amide bonds. The van der Waals surface area contributed by atoms with Gasteiger partial charge in [0.2, 0.25) is 0 Å². The summed E-state index contributed by atoms with van der Waals surface area (Å²) in [5.41, 5.74) is 3.84. The smallest absolute Gasteiger partial charge is 0.0811 e. The van der Waals surface area contributed by atoms with E-state index >= 15 is 0 Å². The zero-order chi connectivity index (χ0) is 10.7. The monoisotopic (exact) mass is 210 g/mol. The molecule has 0 aliphatic carbocycles. The molecule has 2 rings (SSSR count). The van der Waals surface area contributed by atoms with Crippen molar-refractivity contribution >= 4 is 0 Å². The number of aryl methyl sites for hydroxylation is 1. The molecular formula is C10H18N4O. The van der Waals surface area contributed by atoms with E-state index in [4.69, 9.17) is 10.6 Å². The van der Waals surface area contributed by atoms with Crippen LogP contribution in [0.15, 0.2) is 12.3 Å². The Kier molecular flexibility index (Phi) is 3.35. The average molecular weight is 210 g/mol. The SMILES string of the molecule is Cn1ccc(C(NN)C2CCCOC2)n1. The van der Waals surface area contributed by atoms with E-state index in [1.807, 2.05) is 19.3 Å². The molecule has 0 saturated carbocycles. The molecule has 1 saturated heterocycles. The molecule has 2 atom stereocenters. The number of nitrogens with zero attached hydrogens (tertiary/aromatic N) is 2. The van der Waals surface area contributed by atoms with Gasteiger partial charge < -0.3 is 4.74 Å². The summed E-state index contributed by atoms with van der Waals surface area (Å²) in [6.45, 7) is 1.64. The van der Waals surface area contributed by atoms with Crippen LogP contribution in [0.25, 0.3) is 0 Å². The van der Waals surface area contributed by atoms with Crippen LogP contribution in [0.3, 0.4) is 0 Å². The Labute approximate surface area is 89.6 Å². The van der Waals surface area contributed by atoms with Crippen molar-refractivity contribution in [1.29, 1.82) is 0 Å². The summed E-state index contributed by atoms with van der Waals surface area (Å²) < 4.78 is 7.26. The van der Waals surface area contributed by atoms with E-state index in [-0.39, 0.29) is 6.04 Å². The third-order valence-electron chi connectivity index (χ3n) is 2.90. The second-order valence-electron chi connectivity index (χ2n) is 4.04. The fourth-order valence-electron chi connectivity index (χ4n) is 2.09. The lowest BCUT2D eigenvalue weighted by atomic mass is 9.92. The Morgan fingerprint density at radius 1 is 1.73 bits per heavy atom. The number of ether oxygens (including phenoxy) is 1. The van der Waals surface area contributed by atoms with Gasteiger partial charge in [-0.1, -0.05) is 0 Å². The van der Waals surface area contributed by atoms with Crippen LogP contribution in [-0.4, -0.2) is 23.0 Å². The number of hydrogen-bond acceptors (Lipinski definition) is 4. The van der Waals surface area contributed by atoms with Crippen LogP contribution in [0.4, 0.5) is 0 Å². The number of aromatic nitrogens is 2. The number of hydrazine groups is 1. The summed E-state index contributed by atoms with van der Waals surface area (Å²) >= 11 is 0. The van der Waals surface area contributed by atoms with Crippen molar-refractivity contribution in [3.8, 4) is 0 Å². The van der Waals surface area contributed by atoms with Crippen LogP contribution < -0.4 is 11.3 Å². The molecule has 5 heteroatoms. The highest BCUT2D eigenvalue weighted by Gasteiger charge is 2.26. The van der Waals surface area contributed by atoms with E-state index in [2.05, 4.69) is 10.5 Å². The molecule has 1 aromatic rings. The van der Waals surface area contributed by atoms with Crippen molar-refractivity contribution in [2.24, 2.45) is 18.8 Å². The number of rotatable bonds is 3. The molecule has 1 aromatic heterocycles. The second kappa shape index (κ2) is 4.74. The van der Waals surface area contributed by atoms with Crippen molar-refractivity contribution in [3.05, 3.63) is 18.0 Å². The fraction of sp³-hybridized carbons (Fsp3) is 0.700. The molecule has 0 bridgehead atoms. The zero-order valence-corrected chi connectivity index (χ0v) is 9.02. The molecule has 1 aliphatic rings. The minimum Gasteiger partial charge on any atom is -0.381 e. The molecule has 2 unspecified atom stereocenters. The van der Waals surface area contributed by atoms with Gasteiger partial charge in [0.25, 0.3) is 0 Å². The summed E-state index contributed by atoms with van der Waals surface area (Å²) in [5, 5.41) is 4.38. The molecule has 0 aromatic carbocycles. The molecule has 0 radical (unpaired) electrons. The largest absolute Gasteiger partial charge is 0.381 e. The minimum absolute atomic E-state index is 0.103. The van der Waals surface area contributed by atoms with E-state index in [9.17, 15) is 0 Å². The van der Waals surface area contributed by atoms with Crippen LogP contribution in [0.5, 0.6) is 0 Å². The van der Waals surface area contributed by atoms with E-state index in [0.29, 0.717) is 5.92 Å². The summed E-state index contributed by atoms with van der Waals surface area (Å²) in [6, 6.07) is 2.10. The number of nitrogens with two attached hydrogens (primary N) is 1. The fourth-order valence-corrected chi connectivity index (χ4v) is 2.09. The molecular weight excluding hydrogens is 192 g/mol. The van der Waals surface area contributed by atoms with Gasteiger partial charge in [-0.3, -0.25) is 16.0 Å². The predicted molar refractivity (Wildman–Crippen MR) is 56.8 cm³/mol. The van der Waals surface area contributed by atoms with Gasteiger partial charge in [-0.05, 0) is 18.9 Å². The lowest BCUT2D eigenvalue weighted by molar-refractivity contribution is 0.0383. The van der Waals surface area contributed by atoms with Crippen LogP contribution >= 0.6 is 0 Å². The topological polar surface area (TPSA) is 65.1 Å². The second-order valence-corrected chi connectivity index (χ2v) is 4.04. The predicted octanol–water partition coefficient (Wildman–Crippen LogP) is 0.351. The Morgan fingerprint density at radius 2 is 2.60 bits per heavy atom. The van der Waals surface area contributed by atoms with Crippen LogP contribution in [0, 0.1) is 5.92 Å².